The van der Waals surface area contributed by atoms with E-state index in [1.165, 1.54) is 17.0 Å². The monoisotopic (exact) mass is 511 g/mol. The highest BCUT2D eigenvalue weighted by Crippen LogP contribution is 2.38. The molecule has 12 nitrogen and oxygen atoms in total. The van der Waals surface area contributed by atoms with Crippen molar-refractivity contribution in [3.8, 4) is 17.6 Å². The summed E-state index contributed by atoms with van der Waals surface area (Å²) in [5.41, 5.74) is -0.981. The van der Waals surface area contributed by atoms with Crippen LogP contribution in [0.5, 0.6) is 11.5 Å². The van der Waals surface area contributed by atoms with Gasteiger partial charge in [-0.05, 0) is 38.5 Å². The number of esters is 1. The van der Waals surface area contributed by atoms with Crippen LogP contribution in [0.1, 0.15) is 38.0 Å². The third-order valence-corrected chi connectivity index (χ3v) is 5.00. The number of benzene rings is 2. The lowest BCUT2D eigenvalue weighted by Gasteiger charge is -2.18. The van der Waals surface area contributed by atoms with Crippen molar-refractivity contribution in [2.45, 2.75) is 26.9 Å². The van der Waals surface area contributed by atoms with Crippen molar-refractivity contribution in [2.24, 2.45) is 0 Å². The number of rotatable bonds is 10. The molecule has 0 aliphatic rings. The number of nitro benzene ring substituents is 1. The Balaban J connectivity index is 2.44. The molecule has 0 heterocycles. The summed E-state index contributed by atoms with van der Waals surface area (Å²) >= 11 is 0. The van der Waals surface area contributed by atoms with Gasteiger partial charge in [0.2, 0.25) is 11.9 Å². The van der Waals surface area contributed by atoms with Gasteiger partial charge >= 0.3 is 17.8 Å². The number of nitro groups is 1. The van der Waals surface area contributed by atoms with Gasteiger partial charge in [0.25, 0.3) is 5.91 Å². The van der Waals surface area contributed by atoms with E-state index in [2.05, 4.69) is 0 Å². The van der Waals surface area contributed by atoms with Crippen LogP contribution in [0, 0.1) is 21.4 Å². The van der Waals surface area contributed by atoms with Crippen LogP contribution in [0.15, 0.2) is 48.0 Å². The quantitative estimate of drug-likeness (QED) is 0.123. The molecular weight excluding hydrogens is 486 g/mol. The lowest BCUT2D eigenvalue weighted by atomic mass is 10.1. The third kappa shape index (κ3) is 7.28. The molecule has 0 radical (unpaired) electrons. The van der Waals surface area contributed by atoms with Gasteiger partial charge in [0, 0.05) is 24.7 Å². The minimum Gasteiger partial charge on any atom is -0.499 e. The maximum Gasteiger partial charge on any atom is 0.515 e. The van der Waals surface area contributed by atoms with E-state index < -0.39 is 46.2 Å². The van der Waals surface area contributed by atoms with Gasteiger partial charge in [-0.1, -0.05) is 30.3 Å². The number of hydrogen-bond donors (Lipinski definition) is 1. The van der Waals surface area contributed by atoms with Crippen LogP contribution >= 0.6 is 0 Å². The molecule has 2 aromatic rings. The van der Waals surface area contributed by atoms with Crippen molar-refractivity contribution in [3.63, 3.8) is 0 Å². The number of hydrogen-bond acceptors (Lipinski definition) is 10. The van der Waals surface area contributed by atoms with Gasteiger partial charge in [-0.15, -0.1) is 0 Å². The number of aromatic hydroxyl groups is 1. The fourth-order valence-corrected chi connectivity index (χ4v) is 3.21. The summed E-state index contributed by atoms with van der Waals surface area (Å²) in [5, 5.41) is 31.2. The van der Waals surface area contributed by atoms with Crippen molar-refractivity contribution in [1.29, 1.82) is 5.26 Å². The van der Waals surface area contributed by atoms with Crippen molar-refractivity contribution < 1.29 is 38.6 Å². The number of phenols is 1. The first-order valence-electron chi connectivity index (χ1n) is 11.2. The number of carbonyl (C=O) groups excluding carboxylic acids is 3. The van der Waals surface area contributed by atoms with Crippen molar-refractivity contribution in [3.05, 3.63) is 69.3 Å². The molecule has 2 aromatic carbocycles. The Morgan fingerprint density at radius 2 is 1.81 bits per heavy atom. The summed E-state index contributed by atoms with van der Waals surface area (Å²) < 4.78 is 15.0. The first-order valence-corrected chi connectivity index (χ1v) is 11.2. The van der Waals surface area contributed by atoms with Gasteiger partial charge in [0.05, 0.1) is 11.5 Å². The van der Waals surface area contributed by atoms with E-state index in [4.69, 9.17) is 14.2 Å². The number of phenolic OH excluding ortho intramolecular Hbond substituents is 1. The maximum atomic E-state index is 12.6. The average molecular weight is 511 g/mol. The molecule has 12 heteroatoms. The molecule has 2 rings (SSSR count). The third-order valence-electron chi connectivity index (χ3n) is 5.00. The summed E-state index contributed by atoms with van der Waals surface area (Å²) in [6.45, 7) is 5.67. The first kappa shape index (κ1) is 28.3. The number of ether oxygens (including phenoxy) is 3. The Labute approximate surface area is 212 Å². The molecule has 0 saturated heterocycles. The lowest BCUT2D eigenvalue weighted by molar-refractivity contribution is -0.385. The fraction of sp³-hybridized carbons (Fsp3) is 0.280. The zero-order chi connectivity index (χ0) is 27.5. The van der Waals surface area contributed by atoms with Crippen LogP contribution in [0.3, 0.4) is 0 Å². The normalized spacial score (nSPS) is 11.6. The summed E-state index contributed by atoms with van der Waals surface area (Å²) in [6.07, 6.45) is -1.91. The van der Waals surface area contributed by atoms with Gasteiger partial charge in [0.15, 0.2) is 5.75 Å². The Kier molecular flexibility index (Phi) is 10.1. The maximum absolute atomic E-state index is 12.6. The first-order chi connectivity index (χ1) is 17.7. The predicted octanol–water partition coefficient (Wildman–Crippen LogP) is 3.90. The summed E-state index contributed by atoms with van der Waals surface area (Å²) in [4.78, 5) is 49.4. The molecule has 0 fully saturated rings. The number of amides is 1. The molecule has 0 aliphatic heterocycles. The minimum absolute atomic E-state index is 0.00930. The highest BCUT2D eigenvalue weighted by Gasteiger charge is 2.29. The largest absolute Gasteiger partial charge is 0.515 e. The fourth-order valence-electron chi connectivity index (χ4n) is 3.21. The topological polar surface area (TPSA) is 169 Å². The zero-order valence-electron chi connectivity index (χ0n) is 20.4. The Bertz CT molecular complexity index is 1230. The molecule has 1 amide bonds. The van der Waals surface area contributed by atoms with Crippen LogP contribution < -0.4 is 4.74 Å². The van der Waals surface area contributed by atoms with Gasteiger partial charge in [0.1, 0.15) is 11.6 Å². The highest BCUT2D eigenvalue weighted by molar-refractivity contribution is 6.01. The van der Waals surface area contributed by atoms with Crippen LogP contribution in [-0.2, 0) is 19.1 Å². The molecule has 1 atom stereocenters. The Hall–Kier alpha value is -4.92. The molecule has 0 bridgehead atoms. The van der Waals surface area contributed by atoms with E-state index in [-0.39, 0.29) is 23.3 Å². The molecule has 1 N–H and O–H groups in total. The van der Waals surface area contributed by atoms with Gasteiger partial charge in [-0.25, -0.2) is 9.59 Å². The predicted molar refractivity (Wildman–Crippen MR) is 129 cm³/mol. The van der Waals surface area contributed by atoms with Crippen LogP contribution in [0.2, 0.25) is 0 Å². The average Bonchev–Trinajstić information content (AvgIpc) is 2.88. The zero-order valence-corrected chi connectivity index (χ0v) is 20.4. The minimum atomic E-state index is -1.51. The smallest absolute Gasteiger partial charge is 0.499 e. The second-order valence-electron chi connectivity index (χ2n) is 7.30. The SMILES string of the molecule is CCOC(=O)C(OC(=O)Oc1cc(C=C(C#N)C(=O)N(CC)CC)cc([N+](=O)[O-])c1O)c1ccccc1. The van der Waals surface area contributed by atoms with Crippen LogP contribution in [-0.4, -0.2) is 52.7 Å². The molecule has 0 spiro atoms. The molecule has 0 saturated carbocycles. The van der Waals surface area contributed by atoms with E-state index in [0.717, 1.165) is 18.2 Å². The summed E-state index contributed by atoms with van der Waals surface area (Å²) in [7, 11) is 0. The number of likely N-dealkylation sites (N-methyl/N-ethyl adjacent to an activating group) is 1. The van der Waals surface area contributed by atoms with Crippen molar-refractivity contribution in [2.75, 3.05) is 19.7 Å². The molecule has 0 aromatic heterocycles. The molecular formula is C25H25N3O9. The second-order valence-corrected chi connectivity index (χ2v) is 7.30. The summed E-state index contributed by atoms with van der Waals surface area (Å²) in [5.74, 6) is -3.18. The lowest BCUT2D eigenvalue weighted by Crippen LogP contribution is -2.31. The van der Waals surface area contributed by atoms with Crippen molar-refractivity contribution >= 4 is 29.8 Å². The van der Waals surface area contributed by atoms with E-state index in [1.807, 2.05) is 0 Å². The van der Waals surface area contributed by atoms with E-state index in [9.17, 15) is 34.9 Å². The number of carbonyl (C=O) groups is 3. The van der Waals surface area contributed by atoms with Crippen LogP contribution in [0.25, 0.3) is 6.08 Å². The van der Waals surface area contributed by atoms with E-state index in [1.54, 1.807) is 45.0 Å². The highest BCUT2D eigenvalue weighted by atomic mass is 16.7. The van der Waals surface area contributed by atoms with Gasteiger partial charge in [-0.3, -0.25) is 14.9 Å². The second kappa shape index (κ2) is 13.2. The van der Waals surface area contributed by atoms with Crippen molar-refractivity contribution in [1.82, 2.24) is 4.90 Å². The van der Waals surface area contributed by atoms with E-state index >= 15 is 0 Å². The molecule has 194 valence electrons. The van der Waals surface area contributed by atoms with E-state index in [0.29, 0.717) is 13.1 Å². The van der Waals surface area contributed by atoms with Gasteiger partial charge in [-0.2, -0.15) is 5.26 Å². The van der Waals surface area contributed by atoms with Gasteiger partial charge < -0.3 is 24.2 Å². The number of nitriles is 1. The standard InChI is InChI=1S/C25H25N3O9/c1-4-27(5-2)23(30)18(15-26)12-16-13-19(28(33)34)21(29)20(14-16)36-25(32)37-22(24(31)35-6-3)17-10-8-7-9-11-17/h7-14,22,29H,4-6H2,1-3H3. The number of nitrogens with zero attached hydrogens (tertiary/aromatic N) is 3. The molecule has 1 unspecified atom stereocenters. The Morgan fingerprint density at radius 1 is 1.16 bits per heavy atom. The van der Waals surface area contributed by atoms with Crippen LogP contribution in [0.4, 0.5) is 10.5 Å². The molecule has 0 aliphatic carbocycles. The summed E-state index contributed by atoms with van der Waals surface area (Å²) in [6, 6.07) is 11.6. The Morgan fingerprint density at radius 3 is 2.35 bits per heavy atom. The molecule has 37 heavy (non-hydrogen) atoms.